The zero-order valence-electron chi connectivity index (χ0n) is 16.9. The van der Waals surface area contributed by atoms with Gasteiger partial charge in [-0.2, -0.15) is 0 Å². The van der Waals surface area contributed by atoms with E-state index in [0.29, 0.717) is 31.0 Å². The number of piperidine rings is 1. The summed E-state index contributed by atoms with van der Waals surface area (Å²) in [6.07, 6.45) is 6.15. The Hall–Kier alpha value is -2.02. The van der Waals surface area contributed by atoms with E-state index in [1.807, 2.05) is 4.90 Å². The molecule has 148 valence electrons. The number of rotatable bonds is 4. The van der Waals surface area contributed by atoms with Crippen LogP contribution in [0.25, 0.3) is 0 Å². The molecule has 0 spiro atoms. The van der Waals surface area contributed by atoms with E-state index in [2.05, 4.69) is 42.8 Å². The zero-order valence-corrected chi connectivity index (χ0v) is 16.9. The van der Waals surface area contributed by atoms with Crippen LogP contribution >= 0.6 is 0 Å². The number of aromatic nitrogens is 2. The molecular weight excluding hydrogens is 342 g/mol. The monoisotopic (exact) mass is 373 g/mol. The Labute approximate surface area is 161 Å². The molecule has 7 heteroatoms. The van der Waals surface area contributed by atoms with Crippen molar-refractivity contribution in [2.45, 2.75) is 39.2 Å². The molecular formula is C20H31N5O2. The van der Waals surface area contributed by atoms with Gasteiger partial charge in [0.2, 0.25) is 0 Å². The molecule has 2 aliphatic heterocycles. The topological polar surface area (TPSA) is 69.6 Å². The predicted molar refractivity (Wildman–Crippen MR) is 103 cm³/mol. The Morgan fingerprint density at radius 2 is 1.52 bits per heavy atom. The fourth-order valence-electron chi connectivity index (χ4n) is 4.23. The molecule has 1 aromatic heterocycles. The third-order valence-electron chi connectivity index (χ3n) is 5.89. The van der Waals surface area contributed by atoms with E-state index in [1.54, 1.807) is 4.90 Å². The van der Waals surface area contributed by atoms with Gasteiger partial charge in [-0.3, -0.25) is 9.59 Å². The Morgan fingerprint density at radius 3 is 2.00 bits per heavy atom. The summed E-state index contributed by atoms with van der Waals surface area (Å²) in [5.41, 5.74) is 0.383. The van der Waals surface area contributed by atoms with Gasteiger partial charge in [0.25, 0.3) is 11.8 Å². The van der Waals surface area contributed by atoms with Gasteiger partial charge >= 0.3 is 0 Å². The van der Waals surface area contributed by atoms with Crippen molar-refractivity contribution in [2.75, 3.05) is 40.3 Å². The average molecular weight is 374 g/mol. The minimum absolute atomic E-state index is 0.171. The molecule has 0 radical (unpaired) electrons. The van der Waals surface area contributed by atoms with Gasteiger partial charge in [0, 0.05) is 44.6 Å². The summed E-state index contributed by atoms with van der Waals surface area (Å²) in [7, 11) is 4.11. The number of amides is 2. The largest absolute Gasteiger partial charge is 0.337 e. The molecule has 2 aliphatic rings. The fraction of sp³-hybridized carbons (Fsp3) is 0.700. The Kier molecular flexibility index (Phi) is 6.09. The van der Waals surface area contributed by atoms with Gasteiger partial charge < -0.3 is 14.7 Å². The molecule has 3 heterocycles. The first-order valence-electron chi connectivity index (χ1n) is 9.96. The van der Waals surface area contributed by atoms with E-state index in [1.165, 1.54) is 12.4 Å². The lowest BCUT2D eigenvalue weighted by molar-refractivity contribution is 0.0695. The molecule has 0 aliphatic carbocycles. The summed E-state index contributed by atoms with van der Waals surface area (Å²) < 4.78 is 0. The highest BCUT2D eigenvalue weighted by atomic mass is 16.2. The van der Waals surface area contributed by atoms with Gasteiger partial charge in [0.15, 0.2) is 11.4 Å². The minimum Gasteiger partial charge on any atom is -0.337 e. The predicted octanol–water partition coefficient (Wildman–Crippen LogP) is 1.76. The van der Waals surface area contributed by atoms with Gasteiger partial charge in [0.05, 0.1) is 0 Å². The molecule has 3 rings (SSSR count). The number of nitrogens with zero attached hydrogens (tertiary/aromatic N) is 5. The van der Waals surface area contributed by atoms with E-state index in [-0.39, 0.29) is 23.2 Å². The highest BCUT2D eigenvalue weighted by molar-refractivity contribution is 6.04. The SMILES string of the molecule is CC(C)C1CN(C(=O)c2nccnc2C(=O)N2CCCCC2)CC1N(C)C. The number of hydrogen-bond donors (Lipinski definition) is 0. The second-order valence-electron chi connectivity index (χ2n) is 8.26. The van der Waals surface area contributed by atoms with Crippen molar-refractivity contribution in [3.8, 4) is 0 Å². The van der Waals surface area contributed by atoms with Crippen LogP contribution < -0.4 is 0 Å². The standard InChI is InChI=1S/C20H31N5O2/c1-14(2)15-12-25(13-16(15)23(3)4)20(27)18-17(21-8-9-22-18)19(26)24-10-6-5-7-11-24/h8-9,14-16H,5-7,10-13H2,1-4H3. The van der Waals surface area contributed by atoms with Crippen LogP contribution in [0.15, 0.2) is 12.4 Å². The lowest BCUT2D eigenvalue weighted by Gasteiger charge is -2.27. The van der Waals surface area contributed by atoms with Crippen molar-refractivity contribution in [2.24, 2.45) is 11.8 Å². The van der Waals surface area contributed by atoms with E-state index in [9.17, 15) is 9.59 Å². The maximum atomic E-state index is 13.2. The van der Waals surface area contributed by atoms with Gasteiger partial charge in [0.1, 0.15) is 0 Å². The van der Waals surface area contributed by atoms with Crippen molar-refractivity contribution in [3.05, 3.63) is 23.8 Å². The summed E-state index contributed by atoms with van der Waals surface area (Å²) >= 11 is 0. The normalized spacial score (nSPS) is 23.3. The van der Waals surface area contributed by atoms with Crippen LogP contribution in [0.1, 0.15) is 54.1 Å². The third kappa shape index (κ3) is 4.13. The molecule has 2 amide bonds. The molecule has 0 saturated carbocycles. The summed E-state index contributed by atoms with van der Waals surface area (Å²) in [4.78, 5) is 40.5. The first-order valence-corrected chi connectivity index (χ1v) is 9.96. The molecule has 7 nitrogen and oxygen atoms in total. The summed E-state index contributed by atoms with van der Waals surface area (Å²) in [5, 5.41) is 0. The zero-order chi connectivity index (χ0) is 19.6. The van der Waals surface area contributed by atoms with Gasteiger partial charge in [-0.1, -0.05) is 13.8 Å². The Balaban J connectivity index is 1.82. The van der Waals surface area contributed by atoms with E-state index in [4.69, 9.17) is 0 Å². The molecule has 1 aromatic rings. The molecule has 0 aromatic carbocycles. The van der Waals surface area contributed by atoms with Gasteiger partial charge in [-0.25, -0.2) is 9.97 Å². The number of hydrogen-bond acceptors (Lipinski definition) is 5. The van der Waals surface area contributed by atoms with Gasteiger partial charge in [-0.05, 0) is 45.2 Å². The third-order valence-corrected chi connectivity index (χ3v) is 5.89. The molecule has 2 fully saturated rings. The maximum Gasteiger partial charge on any atom is 0.274 e. The van der Waals surface area contributed by atoms with Crippen molar-refractivity contribution < 1.29 is 9.59 Å². The van der Waals surface area contributed by atoms with E-state index in [0.717, 1.165) is 32.4 Å². The fourth-order valence-corrected chi connectivity index (χ4v) is 4.23. The highest BCUT2D eigenvalue weighted by Gasteiger charge is 2.39. The van der Waals surface area contributed by atoms with Crippen LogP contribution in [0.3, 0.4) is 0 Å². The van der Waals surface area contributed by atoms with Crippen molar-refractivity contribution in [1.82, 2.24) is 24.7 Å². The van der Waals surface area contributed by atoms with Crippen LogP contribution in [-0.4, -0.2) is 82.8 Å². The number of carbonyl (C=O) groups excluding carboxylic acids is 2. The van der Waals surface area contributed by atoms with Crippen LogP contribution in [0, 0.1) is 11.8 Å². The molecule has 2 saturated heterocycles. The summed E-state index contributed by atoms with van der Waals surface area (Å²) in [6, 6.07) is 0.312. The second kappa shape index (κ2) is 8.33. The number of likely N-dealkylation sites (tertiary alicyclic amines) is 2. The smallest absolute Gasteiger partial charge is 0.274 e. The van der Waals surface area contributed by atoms with Crippen molar-refractivity contribution in [1.29, 1.82) is 0 Å². The number of carbonyl (C=O) groups is 2. The summed E-state index contributed by atoms with van der Waals surface area (Å²) in [6.45, 7) is 7.19. The van der Waals surface area contributed by atoms with Gasteiger partial charge in [-0.15, -0.1) is 0 Å². The maximum absolute atomic E-state index is 13.2. The summed E-state index contributed by atoms with van der Waals surface area (Å²) in [5.74, 6) is 0.529. The molecule has 0 bridgehead atoms. The second-order valence-corrected chi connectivity index (χ2v) is 8.26. The molecule has 2 atom stereocenters. The molecule has 27 heavy (non-hydrogen) atoms. The molecule has 0 N–H and O–H groups in total. The Bertz CT molecular complexity index is 669. The van der Waals surface area contributed by atoms with E-state index >= 15 is 0 Å². The lowest BCUT2D eigenvalue weighted by Crippen LogP contribution is -2.39. The number of likely N-dealkylation sites (N-methyl/N-ethyl adjacent to an activating group) is 1. The van der Waals surface area contributed by atoms with Crippen LogP contribution in [0.2, 0.25) is 0 Å². The average Bonchev–Trinajstić information content (AvgIpc) is 3.14. The van der Waals surface area contributed by atoms with E-state index < -0.39 is 0 Å². The van der Waals surface area contributed by atoms with Crippen molar-refractivity contribution >= 4 is 11.8 Å². The first kappa shape index (κ1) is 19.7. The highest BCUT2D eigenvalue weighted by Crippen LogP contribution is 2.28. The molecule has 2 unspecified atom stereocenters. The van der Waals surface area contributed by atoms with Crippen LogP contribution in [-0.2, 0) is 0 Å². The Morgan fingerprint density at radius 1 is 0.963 bits per heavy atom. The quantitative estimate of drug-likeness (QED) is 0.804. The lowest BCUT2D eigenvalue weighted by atomic mass is 9.91. The first-order chi connectivity index (χ1) is 12.9. The van der Waals surface area contributed by atoms with Crippen molar-refractivity contribution in [3.63, 3.8) is 0 Å². The van der Waals surface area contributed by atoms with Crippen LogP contribution in [0.5, 0.6) is 0 Å². The van der Waals surface area contributed by atoms with Crippen LogP contribution in [0.4, 0.5) is 0 Å². The minimum atomic E-state index is -0.182.